The molecule has 0 aliphatic rings. The molecule has 3 aromatic rings. The van der Waals surface area contributed by atoms with Crippen molar-refractivity contribution < 1.29 is 9.21 Å². The smallest absolute Gasteiger partial charge is 0.408 e. The van der Waals surface area contributed by atoms with E-state index in [4.69, 9.17) is 4.42 Å². The number of rotatable bonds is 5. The summed E-state index contributed by atoms with van der Waals surface area (Å²) in [4.78, 5) is 24.1. The molecular formula is C20H22N2O3. The lowest BCUT2D eigenvalue weighted by molar-refractivity contribution is -0.116. The molecule has 0 saturated carbocycles. The molecule has 1 heterocycles. The summed E-state index contributed by atoms with van der Waals surface area (Å²) < 4.78 is 6.53. The number of aryl methyl sites for hydroxylation is 1. The van der Waals surface area contributed by atoms with Gasteiger partial charge in [-0.05, 0) is 35.6 Å². The van der Waals surface area contributed by atoms with E-state index in [2.05, 4.69) is 31.3 Å². The number of nitrogens with one attached hydrogen (secondary N) is 1. The number of carbonyl (C=O) groups is 1. The zero-order valence-electron chi connectivity index (χ0n) is 14.7. The van der Waals surface area contributed by atoms with Crippen LogP contribution in [0.25, 0.3) is 11.1 Å². The Balaban J connectivity index is 1.77. The Bertz CT molecular complexity index is 938. The largest absolute Gasteiger partial charge is 0.419 e. The lowest BCUT2D eigenvalue weighted by atomic mass is 9.85. The Morgan fingerprint density at radius 2 is 1.88 bits per heavy atom. The Labute approximate surface area is 146 Å². The van der Waals surface area contributed by atoms with Gasteiger partial charge in [0, 0.05) is 19.2 Å². The summed E-state index contributed by atoms with van der Waals surface area (Å²) in [5, 5.41) is 2.93. The molecule has 5 nitrogen and oxygen atoms in total. The number of carbonyl (C=O) groups excluding carboxylic acids is 1. The predicted octanol–water partition coefficient (Wildman–Crippen LogP) is 3.90. The van der Waals surface area contributed by atoms with Gasteiger partial charge in [0.25, 0.3) is 0 Å². The van der Waals surface area contributed by atoms with Crippen LogP contribution in [0.5, 0.6) is 0 Å². The van der Waals surface area contributed by atoms with Gasteiger partial charge in [-0.1, -0.05) is 44.2 Å². The molecule has 1 unspecified atom stereocenters. The Hall–Kier alpha value is -2.82. The lowest BCUT2D eigenvalue weighted by Gasteiger charge is -2.21. The van der Waals surface area contributed by atoms with Gasteiger partial charge >= 0.3 is 5.76 Å². The minimum Gasteiger partial charge on any atom is -0.408 e. The van der Waals surface area contributed by atoms with E-state index < -0.39 is 5.76 Å². The van der Waals surface area contributed by atoms with Gasteiger partial charge in [-0.3, -0.25) is 9.36 Å². The van der Waals surface area contributed by atoms with Crippen LogP contribution in [-0.4, -0.2) is 10.5 Å². The van der Waals surface area contributed by atoms with Gasteiger partial charge < -0.3 is 9.73 Å². The summed E-state index contributed by atoms with van der Waals surface area (Å²) in [7, 11) is 1.64. The highest BCUT2D eigenvalue weighted by Gasteiger charge is 2.19. The number of fused-ring (bicyclic) bond motifs is 1. The van der Waals surface area contributed by atoms with Gasteiger partial charge in [0.1, 0.15) is 0 Å². The van der Waals surface area contributed by atoms with Crippen LogP contribution < -0.4 is 11.1 Å². The summed E-state index contributed by atoms with van der Waals surface area (Å²) >= 11 is 0. The number of anilines is 1. The molecule has 2 aromatic carbocycles. The van der Waals surface area contributed by atoms with Crippen LogP contribution in [0.2, 0.25) is 0 Å². The van der Waals surface area contributed by atoms with E-state index >= 15 is 0 Å². The van der Waals surface area contributed by atoms with Gasteiger partial charge in [-0.15, -0.1) is 0 Å². The van der Waals surface area contributed by atoms with Crippen molar-refractivity contribution in [3.63, 3.8) is 0 Å². The second-order valence-electron chi connectivity index (χ2n) is 6.62. The van der Waals surface area contributed by atoms with Crippen molar-refractivity contribution in [3.8, 4) is 0 Å². The number of hydrogen-bond acceptors (Lipinski definition) is 3. The molecule has 0 saturated heterocycles. The van der Waals surface area contributed by atoms with Crippen LogP contribution in [0.1, 0.15) is 31.7 Å². The van der Waals surface area contributed by atoms with Crippen molar-refractivity contribution in [1.29, 1.82) is 0 Å². The van der Waals surface area contributed by atoms with Gasteiger partial charge in [-0.2, -0.15) is 0 Å². The molecule has 0 aliphatic carbocycles. The average Bonchev–Trinajstić information content (AvgIpc) is 2.88. The first-order valence-electron chi connectivity index (χ1n) is 8.40. The van der Waals surface area contributed by atoms with Crippen LogP contribution in [0, 0.1) is 5.92 Å². The topological polar surface area (TPSA) is 64.2 Å². The van der Waals surface area contributed by atoms with Crippen molar-refractivity contribution in [3.05, 3.63) is 64.6 Å². The van der Waals surface area contributed by atoms with Crippen LogP contribution in [0.3, 0.4) is 0 Å². The molecule has 3 rings (SSSR count). The van der Waals surface area contributed by atoms with E-state index in [-0.39, 0.29) is 11.8 Å². The number of oxazole rings is 1. The average molecular weight is 338 g/mol. The van der Waals surface area contributed by atoms with Crippen LogP contribution in [0.4, 0.5) is 5.69 Å². The third-order valence-corrected chi connectivity index (χ3v) is 4.51. The van der Waals surface area contributed by atoms with Crippen molar-refractivity contribution in [2.45, 2.75) is 26.2 Å². The quantitative estimate of drug-likeness (QED) is 0.767. The molecule has 25 heavy (non-hydrogen) atoms. The molecule has 0 fully saturated rings. The molecule has 0 spiro atoms. The van der Waals surface area contributed by atoms with Gasteiger partial charge in [0.05, 0.1) is 5.52 Å². The zero-order valence-corrected chi connectivity index (χ0v) is 14.7. The molecule has 1 N–H and O–H groups in total. The number of nitrogens with zero attached hydrogens (tertiary/aromatic N) is 1. The second kappa shape index (κ2) is 6.97. The Morgan fingerprint density at radius 3 is 2.56 bits per heavy atom. The van der Waals surface area contributed by atoms with Crippen molar-refractivity contribution in [2.75, 3.05) is 5.32 Å². The summed E-state index contributed by atoms with van der Waals surface area (Å²) in [6.07, 6.45) is 0.407. The molecule has 1 amide bonds. The first kappa shape index (κ1) is 17.0. The number of aromatic nitrogens is 1. The fourth-order valence-electron chi connectivity index (χ4n) is 3.05. The van der Waals surface area contributed by atoms with E-state index in [0.717, 1.165) is 0 Å². The first-order chi connectivity index (χ1) is 12.0. The first-order valence-corrected chi connectivity index (χ1v) is 8.40. The van der Waals surface area contributed by atoms with E-state index in [1.54, 1.807) is 25.2 Å². The molecule has 130 valence electrons. The zero-order chi connectivity index (χ0) is 18.0. The molecule has 5 heteroatoms. The van der Waals surface area contributed by atoms with Crippen LogP contribution in [-0.2, 0) is 11.8 Å². The maximum absolute atomic E-state index is 12.5. The predicted molar refractivity (Wildman–Crippen MR) is 98.7 cm³/mol. The Morgan fingerprint density at radius 1 is 1.16 bits per heavy atom. The third-order valence-electron chi connectivity index (χ3n) is 4.51. The minimum atomic E-state index is -0.414. The van der Waals surface area contributed by atoms with Crippen molar-refractivity contribution in [1.82, 2.24) is 4.57 Å². The van der Waals surface area contributed by atoms with Crippen LogP contribution >= 0.6 is 0 Å². The van der Waals surface area contributed by atoms with E-state index in [1.807, 2.05) is 18.2 Å². The highest BCUT2D eigenvalue weighted by molar-refractivity contribution is 5.93. The number of amides is 1. The minimum absolute atomic E-state index is 0.0459. The molecule has 1 aromatic heterocycles. The van der Waals surface area contributed by atoms with E-state index in [9.17, 15) is 9.59 Å². The summed E-state index contributed by atoms with van der Waals surface area (Å²) in [5.41, 5.74) is 2.99. The fourth-order valence-corrected chi connectivity index (χ4v) is 3.05. The van der Waals surface area contributed by atoms with Crippen molar-refractivity contribution >= 4 is 22.7 Å². The summed E-state index contributed by atoms with van der Waals surface area (Å²) in [6.45, 7) is 4.25. The fraction of sp³-hybridized carbons (Fsp3) is 0.300. The normalized spacial score (nSPS) is 12.5. The maximum Gasteiger partial charge on any atom is 0.419 e. The van der Waals surface area contributed by atoms with Gasteiger partial charge in [-0.25, -0.2) is 4.79 Å². The second-order valence-corrected chi connectivity index (χ2v) is 6.62. The number of hydrogen-bond donors (Lipinski definition) is 1. The maximum atomic E-state index is 12.5. The SMILES string of the molecule is CC(C)C(CC(=O)Nc1ccc2oc(=O)n(C)c2c1)c1ccccc1. The Kier molecular flexibility index (Phi) is 4.74. The van der Waals surface area contributed by atoms with Gasteiger partial charge in [0.15, 0.2) is 5.58 Å². The monoisotopic (exact) mass is 338 g/mol. The summed E-state index contributed by atoms with van der Waals surface area (Å²) in [5.74, 6) is 0.0476. The standard InChI is InChI=1S/C20H22N2O3/c1-13(2)16(14-7-5-4-6-8-14)12-19(23)21-15-9-10-18-17(11-15)22(3)20(24)25-18/h4-11,13,16H,12H2,1-3H3,(H,21,23). The third kappa shape index (κ3) is 3.65. The molecule has 0 radical (unpaired) electrons. The number of benzene rings is 2. The summed E-state index contributed by atoms with van der Waals surface area (Å²) in [6, 6.07) is 15.3. The van der Waals surface area contributed by atoms with Crippen LogP contribution in [0.15, 0.2) is 57.7 Å². The molecule has 1 atom stereocenters. The van der Waals surface area contributed by atoms with Gasteiger partial charge in [0.2, 0.25) is 5.91 Å². The molecular weight excluding hydrogens is 316 g/mol. The highest BCUT2D eigenvalue weighted by Crippen LogP contribution is 2.28. The molecule has 0 aliphatic heterocycles. The lowest BCUT2D eigenvalue weighted by Crippen LogP contribution is -2.18. The molecule has 0 bridgehead atoms. The highest BCUT2D eigenvalue weighted by atomic mass is 16.4. The van der Waals surface area contributed by atoms with E-state index in [0.29, 0.717) is 29.1 Å². The van der Waals surface area contributed by atoms with Crippen molar-refractivity contribution in [2.24, 2.45) is 13.0 Å². The van der Waals surface area contributed by atoms with E-state index in [1.165, 1.54) is 10.1 Å².